The Morgan fingerprint density at radius 1 is 1.56 bits per heavy atom. The van der Waals surface area contributed by atoms with Gasteiger partial charge in [0.05, 0.1) is 17.0 Å². The normalized spacial score (nSPS) is 23.1. The van der Waals surface area contributed by atoms with Gasteiger partial charge in [0.1, 0.15) is 5.76 Å². The highest BCUT2D eigenvalue weighted by Crippen LogP contribution is 2.32. The number of rotatable bonds is 4. The number of hydrogen-bond acceptors (Lipinski definition) is 5. The summed E-state index contributed by atoms with van der Waals surface area (Å²) in [5.74, 6) is 2.51. The minimum Gasteiger partial charge on any atom is -0.411 e. The SMILES string of the molecule is CCS[C@H](C)C[C@@H]1C/C(=N\O)c2c(C)noc2C1. The number of fused-ring (bicyclic) bond motifs is 1. The van der Waals surface area contributed by atoms with Crippen LogP contribution >= 0.6 is 11.8 Å². The summed E-state index contributed by atoms with van der Waals surface area (Å²) in [5.41, 5.74) is 2.48. The summed E-state index contributed by atoms with van der Waals surface area (Å²) in [6.07, 6.45) is 2.85. The lowest BCUT2D eigenvalue weighted by Crippen LogP contribution is -2.22. The Morgan fingerprint density at radius 2 is 2.33 bits per heavy atom. The molecule has 0 saturated carbocycles. The highest BCUT2D eigenvalue weighted by molar-refractivity contribution is 7.99. The molecule has 4 nitrogen and oxygen atoms in total. The minimum absolute atomic E-state index is 0.491. The predicted molar refractivity (Wildman–Crippen MR) is 73.6 cm³/mol. The van der Waals surface area contributed by atoms with Gasteiger partial charge in [0.25, 0.3) is 0 Å². The van der Waals surface area contributed by atoms with Crippen molar-refractivity contribution >= 4 is 17.5 Å². The molecule has 1 aliphatic rings. The van der Waals surface area contributed by atoms with Crippen molar-refractivity contribution in [1.82, 2.24) is 5.16 Å². The van der Waals surface area contributed by atoms with Gasteiger partial charge in [-0.25, -0.2) is 0 Å². The maximum absolute atomic E-state index is 9.15. The van der Waals surface area contributed by atoms with Crippen LogP contribution in [-0.2, 0) is 6.42 Å². The molecule has 2 atom stereocenters. The van der Waals surface area contributed by atoms with Crippen LogP contribution in [-0.4, -0.2) is 27.1 Å². The van der Waals surface area contributed by atoms with Crippen molar-refractivity contribution in [1.29, 1.82) is 0 Å². The molecule has 0 spiro atoms. The van der Waals surface area contributed by atoms with Crippen LogP contribution in [0, 0.1) is 12.8 Å². The first-order chi connectivity index (χ1) is 8.65. The molecular formula is C13H20N2O2S. The van der Waals surface area contributed by atoms with Crippen molar-refractivity contribution in [2.75, 3.05) is 5.75 Å². The molecule has 0 amide bonds. The molecule has 0 radical (unpaired) electrons. The van der Waals surface area contributed by atoms with Gasteiger partial charge in [0.15, 0.2) is 0 Å². The van der Waals surface area contributed by atoms with Crippen LogP contribution in [0.5, 0.6) is 0 Å². The standard InChI is InChI=1S/C13H20N2O2S/c1-4-18-8(2)5-10-6-11(14-16)13-9(3)15-17-12(13)7-10/h8,10,16H,4-7H2,1-3H3/b14-11+/t8-,10-/m1/s1. The predicted octanol–water partition coefficient (Wildman–Crippen LogP) is 3.26. The average Bonchev–Trinajstić information content (AvgIpc) is 2.70. The third-order valence-corrected chi connectivity index (χ3v) is 4.51. The number of aryl methyl sites for hydroxylation is 1. The largest absolute Gasteiger partial charge is 0.411 e. The van der Waals surface area contributed by atoms with E-state index in [1.54, 1.807) is 0 Å². The van der Waals surface area contributed by atoms with Gasteiger partial charge in [0.2, 0.25) is 0 Å². The smallest absolute Gasteiger partial charge is 0.146 e. The second-order valence-corrected chi connectivity index (χ2v) is 6.60. The second kappa shape index (κ2) is 5.78. The molecule has 5 heteroatoms. The molecule has 0 fully saturated rings. The van der Waals surface area contributed by atoms with Crippen molar-refractivity contribution in [3.63, 3.8) is 0 Å². The zero-order valence-corrected chi connectivity index (χ0v) is 12.0. The van der Waals surface area contributed by atoms with Crippen molar-refractivity contribution in [3.05, 3.63) is 17.0 Å². The fourth-order valence-electron chi connectivity index (χ4n) is 2.72. The van der Waals surface area contributed by atoms with Crippen molar-refractivity contribution in [3.8, 4) is 0 Å². The average molecular weight is 268 g/mol. The molecule has 1 aliphatic carbocycles. The van der Waals surface area contributed by atoms with E-state index in [1.165, 1.54) is 0 Å². The van der Waals surface area contributed by atoms with Crippen LogP contribution in [0.15, 0.2) is 9.68 Å². The molecule has 0 saturated heterocycles. The summed E-state index contributed by atoms with van der Waals surface area (Å²) in [6.45, 7) is 6.33. The van der Waals surface area contributed by atoms with E-state index in [0.717, 1.165) is 47.7 Å². The zero-order valence-electron chi connectivity index (χ0n) is 11.1. The van der Waals surface area contributed by atoms with E-state index in [9.17, 15) is 0 Å². The Labute approximate surface area is 112 Å². The topological polar surface area (TPSA) is 58.6 Å². The van der Waals surface area contributed by atoms with E-state index in [4.69, 9.17) is 9.73 Å². The third-order valence-electron chi connectivity index (χ3n) is 3.42. The van der Waals surface area contributed by atoms with E-state index >= 15 is 0 Å². The summed E-state index contributed by atoms with van der Waals surface area (Å²) in [6, 6.07) is 0. The summed E-state index contributed by atoms with van der Waals surface area (Å²) in [4.78, 5) is 0. The quantitative estimate of drug-likeness (QED) is 0.672. The molecule has 0 aliphatic heterocycles. The summed E-state index contributed by atoms with van der Waals surface area (Å²) in [7, 11) is 0. The maximum Gasteiger partial charge on any atom is 0.146 e. The van der Waals surface area contributed by atoms with Crippen LogP contribution in [0.1, 0.15) is 43.7 Å². The fourth-order valence-corrected chi connectivity index (χ4v) is 3.69. The van der Waals surface area contributed by atoms with Crippen LogP contribution in [0.4, 0.5) is 0 Å². The molecule has 1 N–H and O–H groups in total. The Morgan fingerprint density at radius 3 is 3.00 bits per heavy atom. The number of oxime groups is 1. The monoisotopic (exact) mass is 268 g/mol. The second-order valence-electron chi connectivity index (χ2n) is 4.89. The Bertz CT molecular complexity index is 442. The van der Waals surface area contributed by atoms with E-state index < -0.39 is 0 Å². The van der Waals surface area contributed by atoms with Gasteiger partial charge in [-0.3, -0.25) is 0 Å². The Kier molecular flexibility index (Phi) is 4.32. The first kappa shape index (κ1) is 13.5. The Hall–Kier alpha value is -0.970. The lowest BCUT2D eigenvalue weighted by molar-refractivity contribution is 0.310. The maximum atomic E-state index is 9.15. The lowest BCUT2D eigenvalue weighted by Gasteiger charge is -2.24. The molecular weight excluding hydrogens is 248 g/mol. The van der Waals surface area contributed by atoms with E-state index in [1.807, 2.05) is 18.7 Å². The van der Waals surface area contributed by atoms with Gasteiger partial charge in [-0.1, -0.05) is 24.2 Å². The van der Waals surface area contributed by atoms with Gasteiger partial charge >= 0.3 is 0 Å². The molecule has 1 aromatic rings. The molecule has 18 heavy (non-hydrogen) atoms. The first-order valence-electron chi connectivity index (χ1n) is 6.43. The lowest BCUT2D eigenvalue weighted by atomic mass is 9.83. The molecule has 0 unspecified atom stereocenters. The third kappa shape index (κ3) is 2.71. The van der Waals surface area contributed by atoms with Gasteiger partial charge in [-0.15, -0.1) is 0 Å². The number of hydrogen-bond donors (Lipinski definition) is 1. The van der Waals surface area contributed by atoms with Gasteiger partial charge in [-0.2, -0.15) is 11.8 Å². The molecule has 2 rings (SSSR count). The van der Waals surface area contributed by atoms with Crippen molar-refractivity contribution in [2.45, 2.75) is 45.3 Å². The fraction of sp³-hybridized carbons (Fsp3) is 0.692. The zero-order chi connectivity index (χ0) is 13.1. The number of aromatic nitrogens is 1. The van der Waals surface area contributed by atoms with E-state index in [2.05, 4.69) is 24.2 Å². The van der Waals surface area contributed by atoms with Gasteiger partial charge in [0, 0.05) is 11.7 Å². The first-order valence-corrected chi connectivity index (χ1v) is 7.48. The molecule has 100 valence electrons. The van der Waals surface area contributed by atoms with E-state index in [-0.39, 0.29) is 0 Å². The number of nitrogens with zero attached hydrogens (tertiary/aromatic N) is 2. The molecule has 0 aromatic carbocycles. The molecule has 1 heterocycles. The summed E-state index contributed by atoms with van der Waals surface area (Å²) in [5, 5.41) is 17.2. The van der Waals surface area contributed by atoms with E-state index in [0.29, 0.717) is 11.2 Å². The van der Waals surface area contributed by atoms with Crippen LogP contribution < -0.4 is 0 Å². The van der Waals surface area contributed by atoms with Crippen LogP contribution in [0.3, 0.4) is 0 Å². The summed E-state index contributed by atoms with van der Waals surface area (Å²) < 4.78 is 5.34. The van der Waals surface area contributed by atoms with Gasteiger partial charge in [-0.05, 0) is 31.4 Å². The molecule has 0 bridgehead atoms. The highest BCUT2D eigenvalue weighted by Gasteiger charge is 2.30. The van der Waals surface area contributed by atoms with Crippen LogP contribution in [0.2, 0.25) is 0 Å². The van der Waals surface area contributed by atoms with Gasteiger partial charge < -0.3 is 9.73 Å². The minimum atomic E-state index is 0.491. The van der Waals surface area contributed by atoms with Crippen molar-refractivity contribution < 1.29 is 9.73 Å². The van der Waals surface area contributed by atoms with Crippen LogP contribution in [0.25, 0.3) is 0 Å². The number of thioether (sulfide) groups is 1. The summed E-state index contributed by atoms with van der Waals surface area (Å²) >= 11 is 1.97. The highest BCUT2D eigenvalue weighted by atomic mass is 32.2. The molecule has 1 aromatic heterocycles. The van der Waals surface area contributed by atoms with Crippen molar-refractivity contribution in [2.24, 2.45) is 11.1 Å². The Balaban J connectivity index is 2.12.